The summed E-state index contributed by atoms with van der Waals surface area (Å²) in [6.07, 6.45) is 1.28. The van der Waals surface area contributed by atoms with Gasteiger partial charge in [-0.1, -0.05) is 38.1 Å². The lowest BCUT2D eigenvalue weighted by molar-refractivity contribution is 0.659. The molecule has 0 saturated heterocycles. The number of anilines is 1. The maximum Gasteiger partial charge on any atom is 0.0519 e. The molecular weight excluding hydrogens is 290 g/mol. The van der Waals surface area contributed by atoms with Gasteiger partial charge < -0.3 is 5.32 Å². The van der Waals surface area contributed by atoms with Gasteiger partial charge in [0.15, 0.2) is 0 Å². The first kappa shape index (κ1) is 13.2. The Morgan fingerprint density at radius 3 is 2.71 bits per heavy atom. The van der Waals surface area contributed by atoms with E-state index < -0.39 is 8.80 Å². The number of para-hydroxylation sites is 1. The number of fused-ring (bicyclic) bond motifs is 1. The lowest BCUT2D eigenvalue weighted by atomic mass is 9.98. The van der Waals surface area contributed by atoms with Crippen LogP contribution in [-0.4, -0.2) is 14.8 Å². The maximum absolute atomic E-state index is 3.72. The maximum atomic E-state index is 3.72. The minimum atomic E-state index is -0.584. The molecule has 1 aromatic carbocycles. The average molecular weight is 312 g/mol. The summed E-state index contributed by atoms with van der Waals surface area (Å²) in [5.41, 5.74) is 3.74. The van der Waals surface area contributed by atoms with Gasteiger partial charge in [-0.25, -0.2) is 0 Å². The van der Waals surface area contributed by atoms with E-state index in [0.29, 0.717) is 6.04 Å². The SMILES string of the molecule is CC[SiH](CC)[C@@H]1Cc2cccc(Br)c2N[C@@H]1C. The van der Waals surface area contributed by atoms with Crippen molar-refractivity contribution in [1.82, 2.24) is 0 Å². The van der Waals surface area contributed by atoms with Gasteiger partial charge >= 0.3 is 0 Å². The van der Waals surface area contributed by atoms with Crippen LogP contribution in [0.1, 0.15) is 26.3 Å². The predicted molar refractivity (Wildman–Crippen MR) is 82.8 cm³/mol. The van der Waals surface area contributed by atoms with Crippen molar-refractivity contribution in [2.45, 2.75) is 50.9 Å². The molecule has 0 unspecified atom stereocenters. The molecule has 94 valence electrons. The highest BCUT2D eigenvalue weighted by molar-refractivity contribution is 9.10. The molecule has 1 nitrogen and oxygen atoms in total. The minimum absolute atomic E-state index is 0.584. The van der Waals surface area contributed by atoms with Gasteiger partial charge in [-0.05, 0) is 46.4 Å². The van der Waals surface area contributed by atoms with Crippen molar-refractivity contribution in [2.75, 3.05) is 5.32 Å². The Morgan fingerprint density at radius 1 is 1.35 bits per heavy atom. The Kier molecular flexibility index (Phi) is 4.31. The van der Waals surface area contributed by atoms with Crippen LogP contribution < -0.4 is 5.32 Å². The van der Waals surface area contributed by atoms with Gasteiger partial charge in [0.25, 0.3) is 0 Å². The molecule has 0 amide bonds. The van der Waals surface area contributed by atoms with E-state index in [-0.39, 0.29) is 0 Å². The number of hydrogen-bond donors (Lipinski definition) is 1. The summed E-state index contributed by atoms with van der Waals surface area (Å²) in [6.45, 7) is 7.12. The Labute approximate surface area is 115 Å². The first-order valence-electron chi connectivity index (χ1n) is 6.71. The van der Waals surface area contributed by atoms with E-state index in [2.05, 4.69) is 60.2 Å². The molecule has 1 aromatic rings. The fourth-order valence-electron chi connectivity index (χ4n) is 3.14. The van der Waals surface area contributed by atoms with Crippen LogP contribution in [0.3, 0.4) is 0 Å². The highest BCUT2D eigenvalue weighted by atomic mass is 79.9. The van der Waals surface area contributed by atoms with Crippen LogP contribution in [0, 0.1) is 0 Å². The topological polar surface area (TPSA) is 12.0 Å². The summed E-state index contributed by atoms with van der Waals surface area (Å²) < 4.78 is 1.21. The molecule has 17 heavy (non-hydrogen) atoms. The van der Waals surface area contributed by atoms with Gasteiger partial charge in [0.05, 0.1) is 5.69 Å². The third kappa shape index (κ3) is 2.60. The quantitative estimate of drug-likeness (QED) is 0.814. The first-order valence-corrected chi connectivity index (χ1v) is 9.80. The van der Waals surface area contributed by atoms with E-state index in [0.717, 1.165) is 5.54 Å². The highest BCUT2D eigenvalue weighted by Gasteiger charge is 2.30. The number of nitrogens with one attached hydrogen (secondary N) is 1. The Bertz CT molecular complexity index is 390. The molecule has 0 aromatic heterocycles. The predicted octanol–water partition coefficient (Wildman–Crippen LogP) is 4.44. The van der Waals surface area contributed by atoms with Crippen molar-refractivity contribution in [1.29, 1.82) is 0 Å². The monoisotopic (exact) mass is 311 g/mol. The molecule has 1 heterocycles. The zero-order chi connectivity index (χ0) is 12.4. The number of benzene rings is 1. The Morgan fingerprint density at radius 2 is 2.06 bits per heavy atom. The second-order valence-corrected chi connectivity index (χ2v) is 10.0. The van der Waals surface area contributed by atoms with E-state index >= 15 is 0 Å². The van der Waals surface area contributed by atoms with Crippen LogP contribution in [0.5, 0.6) is 0 Å². The van der Waals surface area contributed by atoms with E-state index in [1.165, 1.54) is 34.2 Å². The smallest absolute Gasteiger partial charge is 0.0519 e. The van der Waals surface area contributed by atoms with Crippen LogP contribution in [-0.2, 0) is 6.42 Å². The lowest BCUT2D eigenvalue weighted by Gasteiger charge is -2.37. The van der Waals surface area contributed by atoms with E-state index in [9.17, 15) is 0 Å². The molecule has 2 rings (SSSR count). The van der Waals surface area contributed by atoms with E-state index in [4.69, 9.17) is 0 Å². The standard InChI is InChI=1S/C14H22BrNSi/c1-4-17(5-2)13-9-11-7-6-8-12(15)14(11)16-10(13)3/h6-8,10,13,16-17H,4-5,9H2,1-3H3/t10-,13-/m1/s1. The molecule has 0 radical (unpaired) electrons. The second-order valence-electron chi connectivity index (χ2n) is 5.15. The van der Waals surface area contributed by atoms with Gasteiger partial charge in [0.2, 0.25) is 0 Å². The van der Waals surface area contributed by atoms with Gasteiger partial charge in [-0.15, -0.1) is 0 Å². The van der Waals surface area contributed by atoms with Crippen molar-refractivity contribution >= 4 is 30.4 Å². The minimum Gasteiger partial charge on any atom is -0.381 e. The van der Waals surface area contributed by atoms with Crippen LogP contribution in [0.15, 0.2) is 22.7 Å². The Hall–Kier alpha value is -0.283. The fourth-order valence-corrected chi connectivity index (χ4v) is 6.95. The van der Waals surface area contributed by atoms with Crippen molar-refractivity contribution in [3.8, 4) is 0 Å². The van der Waals surface area contributed by atoms with E-state index in [1.54, 1.807) is 0 Å². The molecule has 2 atom stereocenters. The molecular formula is C14H22BrNSi. The van der Waals surface area contributed by atoms with Crippen molar-refractivity contribution in [3.63, 3.8) is 0 Å². The number of rotatable bonds is 3. The molecule has 1 aliphatic heterocycles. The van der Waals surface area contributed by atoms with Gasteiger partial charge in [0, 0.05) is 19.3 Å². The molecule has 3 heteroatoms. The molecule has 1 N–H and O–H groups in total. The van der Waals surface area contributed by atoms with Gasteiger partial charge in [0.1, 0.15) is 0 Å². The summed E-state index contributed by atoms with van der Waals surface area (Å²) >= 11 is 3.65. The lowest BCUT2D eigenvalue weighted by Crippen LogP contribution is -2.37. The zero-order valence-corrected chi connectivity index (χ0v) is 13.7. The molecule has 0 spiro atoms. The van der Waals surface area contributed by atoms with Crippen molar-refractivity contribution < 1.29 is 0 Å². The summed E-state index contributed by atoms with van der Waals surface area (Å²) in [5.74, 6) is 0. The number of hydrogen-bond acceptors (Lipinski definition) is 1. The Balaban J connectivity index is 2.27. The first-order chi connectivity index (χ1) is 8.17. The van der Waals surface area contributed by atoms with E-state index in [1.807, 2.05) is 0 Å². The summed E-state index contributed by atoms with van der Waals surface area (Å²) in [4.78, 5) is 0. The number of halogens is 1. The van der Waals surface area contributed by atoms with Crippen molar-refractivity contribution in [3.05, 3.63) is 28.2 Å². The second kappa shape index (κ2) is 5.57. The normalized spacial score (nSPS) is 23.4. The fraction of sp³-hybridized carbons (Fsp3) is 0.571. The van der Waals surface area contributed by atoms with Crippen LogP contribution in [0.25, 0.3) is 0 Å². The van der Waals surface area contributed by atoms with Crippen LogP contribution >= 0.6 is 15.9 Å². The summed E-state index contributed by atoms with van der Waals surface area (Å²) in [7, 11) is -0.584. The third-order valence-electron chi connectivity index (χ3n) is 4.22. The van der Waals surface area contributed by atoms with Crippen LogP contribution in [0.4, 0.5) is 5.69 Å². The molecule has 0 bridgehead atoms. The van der Waals surface area contributed by atoms with Crippen molar-refractivity contribution in [2.24, 2.45) is 0 Å². The third-order valence-corrected chi connectivity index (χ3v) is 9.01. The van der Waals surface area contributed by atoms with Crippen LogP contribution in [0.2, 0.25) is 17.6 Å². The zero-order valence-electron chi connectivity index (χ0n) is 11.0. The molecule has 0 aliphatic carbocycles. The summed E-state index contributed by atoms with van der Waals surface area (Å²) in [5, 5.41) is 3.72. The molecule has 0 saturated carbocycles. The molecule has 1 aliphatic rings. The van der Waals surface area contributed by atoms with Gasteiger partial charge in [-0.3, -0.25) is 0 Å². The average Bonchev–Trinajstić information content (AvgIpc) is 2.33. The highest BCUT2D eigenvalue weighted by Crippen LogP contribution is 2.38. The molecule has 0 fully saturated rings. The largest absolute Gasteiger partial charge is 0.381 e. The van der Waals surface area contributed by atoms with Gasteiger partial charge in [-0.2, -0.15) is 0 Å². The summed E-state index contributed by atoms with van der Waals surface area (Å²) in [6, 6.07) is 10.1.